The third kappa shape index (κ3) is 6.63. The van der Waals surface area contributed by atoms with Gasteiger partial charge in [-0.2, -0.15) is 0 Å². The molecule has 4 fully saturated rings. The number of aromatic nitrogens is 1. The molecule has 5 heteroatoms. The molecule has 4 aliphatic carbocycles. The van der Waals surface area contributed by atoms with Gasteiger partial charge < -0.3 is 15.7 Å². The molecule has 230 valence electrons. The minimum absolute atomic E-state index is 0.137. The third-order valence-corrected chi connectivity index (χ3v) is 13.0. The quantitative estimate of drug-likeness (QED) is 0.226. The van der Waals surface area contributed by atoms with E-state index in [1.807, 2.05) is 25.3 Å². The summed E-state index contributed by atoms with van der Waals surface area (Å²) in [6.07, 6.45) is 16.6. The van der Waals surface area contributed by atoms with Crippen LogP contribution in [0, 0.1) is 46.3 Å². The van der Waals surface area contributed by atoms with Gasteiger partial charge >= 0.3 is 0 Å². The van der Waals surface area contributed by atoms with E-state index in [9.17, 15) is 9.90 Å². The van der Waals surface area contributed by atoms with Crippen molar-refractivity contribution in [1.29, 1.82) is 0 Å². The summed E-state index contributed by atoms with van der Waals surface area (Å²) < 4.78 is 0. The SMILES string of the molecule is CCC(=O)CC[C@@H](C)[C@H]1CCC2C3C(CC[C@@]21C)[C@@]1(C)CC[C@H](NCCCCNCc2ccccn2)C[C@@H]1C[C@H]3O. The molecule has 0 saturated heterocycles. The first-order valence-electron chi connectivity index (χ1n) is 17.3. The van der Waals surface area contributed by atoms with E-state index in [-0.39, 0.29) is 6.10 Å². The summed E-state index contributed by atoms with van der Waals surface area (Å²) in [5.41, 5.74) is 1.83. The van der Waals surface area contributed by atoms with Gasteiger partial charge in [0.1, 0.15) is 5.78 Å². The summed E-state index contributed by atoms with van der Waals surface area (Å²) in [6, 6.07) is 6.69. The number of unbranched alkanes of at least 4 members (excludes halogenated alkanes) is 1. The first-order valence-corrected chi connectivity index (χ1v) is 17.3. The van der Waals surface area contributed by atoms with Crippen molar-refractivity contribution >= 4 is 5.78 Å². The summed E-state index contributed by atoms with van der Waals surface area (Å²) in [5.74, 6) is 4.20. The molecule has 4 saturated carbocycles. The predicted octanol–water partition coefficient (Wildman–Crippen LogP) is 6.93. The van der Waals surface area contributed by atoms with Crippen molar-refractivity contribution in [2.45, 2.75) is 130 Å². The van der Waals surface area contributed by atoms with Crippen molar-refractivity contribution in [1.82, 2.24) is 15.6 Å². The molecule has 5 rings (SSSR count). The number of nitrogens with one attached hydrogen (secondary N) is 2. The number of aliphatic hydroxyl groups is 1. The van der Waals surface area contributed by atoms with Crippen molar-refractivity contribution < 1.29 is 9.90 Å². The zero-order chi connectivity index (χ0) is 29.0. The van der Waals surface area contributed by atoms with E-state index in [1.54, 1.807) is 0 Å². The summed E-state index contributed by atoms with van der Waals surface area (Å²) >= 11 is 0. The molecule has 1 heterocycles. The van der Waals surface area contributed by atoms with Crippen LogP contribution in [0.2, 0.25) is 0 Å². The van der Waals surface area contributed by atoms with Gasteiger partial charge in [-0.15, -0.1) is 0 Å². The third-order valence-electron chi connectivity index (χ3n) is 13.0. The number of ketones is 1. The van der Waals surface area contributed by atoms with Crippen LogP contribution in [-0.2, 0) is 11.3 Å². The van der Waals surface area contributed by atoms with E-state index in [0.717, 1.165) is 44.6 Å². The second-order valence-corrected chi connectivity index (χ2v) is 15.1. The van der Waals surface area contributed by atoms with Gasteiger partial charge in [0.2, 0.25) is 0 Å². The average Bonchev–Trinajstić information content (AvgIpc) is 3.33. The Balaban J connectivity index is 1.10. The fraction of sp³-hybridized carbons (Fsp3) is 0.833. The maximum absolute atomic E-state index is 12.0. The minimum Gasteiger partial charge on any atom is -0.393 e. The molecule has 3 unspecified atom stereocenters. The maximum atomic E-state index is 12.0. The van der Waals surface area contributed by atoms with Gasteiger partial charge in [-0.3, -0.25) is 9.78 Å². The normalized spacial score (nSPS) is 39.0. The van der Waals surface area contributed by atoms with Crippen molar-refractivity contribution in [3.8, 4) is 0 Å². The number of rotatable bonds is 13. The average molecular weight is 566 g/mol. The van der Waals surface area contributed by atoms with Crippen LogP contribution >= 0.6 is 0 Å². The molecule has 0 aliphatic heterocycles. The lowest BCUT2D eigenvalue weighted by molar-refractivity contribution is -0.167. The Morgan fingerprint density at radius 1 is 1.05 bits per heavy atom. The van der Waals surface area contributed by atoms with Crippen LogP contribution < -0.4 is 10.6 Å². The van der Waals surface area contributed by atoms with Gasteiger partial charge in [0, 0.05) is 31.6 Å². The van der Waals surface area contributed by atoms with Crippen LogP contribution in [-0.4, -0.2) is 41.1 Å². The van der Waals surface area contributed by atoms with Crippen LogP contribution in [0.25, 0.3) is 0 Å². The van der Waals surface area contributed by atoms with E-state index in [4.69, 9.17) is 0 Å². The Hall–Kier alpha value is -1.30. The molecule has 41 heavy (non-hydrogen) atoms. The number of fused-ring (bicyclic) bond motifs is 5. The highest BCUT2D eigenvalue weighted by atomic mass is 16.3. The van der Waals surface area contributed by atoms with Crippen LogP contribution in [0.4, 0.5) is 0 Å². The Labute approximate surface area is 250 Å². The van der Waals surface area contributed by atoms with E-state index in [1.165, 1.54) is 57.8 Å². The zero-order valence-corrected chi connectivity index (χ0v) is 26.5. The fourth-order valence-corrected chi connectivity index (χ4v) is 10.6. The van der Waals surface area contributed by atoms with Crippen LogP contribution in [0.15, 0.2) is 24.4 Å². The first kappa shape index (κ1) is 31.1. The number of aliphatic hydroxyl groups excluding tert-OH is 1. The summed E-state index contributed by atoms with van der Waals surface area (Å²) in [6.45, 7) is 12.6. The summed E-state index contributed by atoms with van der Waals surface area (Å²) in [5, 5.41) is 19.2. The molecule has 5 nitrogen and oxygen atoms in total. The summed E-state index contributed by atoms with van der Waals surface area (Å²) in [7, 11) is 0. The van der Waals surface area contributed by atoms with Gasteiger partial charge in [0.25, 0.3) is 0 Å². The van der Waals surface area contributed by atoms with E-state index >= 15 is 0 Å². The molecule has 0 radical (unpaired) electrons. The number of Topliss-reactive ketones (excluding diaryl/α,β-unsaturated/α-hetero) is 1. The van der Waals surface area contributed by atoms with E-state index in [0.29, 0.717) is 64.6 Å². The van der Waals surface area contributed by atoms with Crippen molar-refractivity contribution in [2.24, 2.45) is 46.3 Å². The van der Waals surface area contributed by atoms with Gasteiger partial charge in [0.15, 0.2) is 0 Å². The lowest BCUT2D eigenvalue weighted by Crippen LogP contribution is -2.59. The Bertz CT molecular complexity index is 986. The lowest BCUT2D eigenvalue weighted by Gasteiger charge is -2.62. The number of hydrogen-bond donors (Lipinski definition) is 3. The highest BCUT2D eigenvalue weighted by Gasteiger charge is 2.62. The monoisotopic (exact) mass is 565 g/mol. The number of carbonyl (C=O) groups is 1. The molecule has 0 amide bonds. The minimum atomic E-state index is -0.137. The number of hydrogen-bond acceptors (Lipinski definition) is 5. The lowest BCUT2D eigenvalue weighted by atomic mass is 9.43. The summed E-state index contributed by atoms with van der Waals surface area (Å²) in [4.78, 5) is 16.4. The predicted molar refractivity (Wildman–Crippen MR) is 167 cm³/mol. The van der Waals surface area contributed by atoms with Crippen LogP contribution in [0.1, 0.15) is 117 Å². The van der Waals surface area contributed by atoms with Crippen LogP contribution in [0.5, 0.6) is 0 Å². The van der Waals surface area contributed by atoms with Crippen molar-refractivity contribution in [2.75, 3.05) is 13.1 Å². The van der Waals surface area contributed by atoms with Crippen LogP contribution in [0.3, 0.4) is 0 Å². The Morgan fingerprint density at radius 3 is 2.61 bits per heavy atom. The molecule has 3 N–H and O–H groups in total. The van der Waals surface area contributed by atoms with Crippen molar-refractivity contribution in [3.63, 3.8) is 0 Å². The molecule has 0 aromatic carbocycles. The zero-order valence-electron chi connectivity index (χ0n) is 26.5. The number of carbonyl (C=O) groups excluding carboxylic acids is 1. The smallest absolute Gasteiger partial charge is 0.132 e. The van der Waals surface area contributed by atoms with E-state index in [2.05, 4.69) is 42.5 Å². The Morgan fingerprint density at radius 2 is 1.83 bits per heavy atom. The largest absolute Gasteiger partial charge is 0.393 e. The topological polar surface area (TPSA) is 74.2 Å². The molecule has 1 aromatic rings. The Kier molecular flexibility index (Phi) is 10.3. The highest BCUT2D eigenvalue weighted by Crippen LogP contribution is 2.68. The standard InChI is InChI=1S/C36H59N3O2/c1-5-29(40)12-11-25(2)30-13-14-31-34-32(16-18-36(30,31)4)35(3)17-15-27(22-26(35)23-33(34)41)38-21-9-8-19-37-24-28-10-6-7-20-39-28/h6-7,10,20,25-27,30-34,37-38,41H,5,8-9,11-19,21-24H2,1-4H3/t25-,26-,27+,30-,31?,32?,33-,34?,35+,36-/m1/s1. The molecule has 1 aromatic heterocycles. The molecular formula is C36H59N3O2. The van der Waals surface area contributed by atoms with Crippen molar-refractivity contribution in [3.05, 3.63) is 30.1 Å². The van der Waals surface area contributed by atoms with E-state index < -0.39 is 0 Å². The first-order chi connectivity index (χ1) is 19.8. The van der Waals surface area contributed by atoms with Gasteiger partial charge in [0.05, 0.1) is 11.8 Å². The molecular weight excluding hydrogens is 506 g/mol. The van der Waals surface area contributed by atoms with Gasteiger partial charge in [-0.1, -0.05) is 33.8 Å². The number of nitrogens with zero attached hydrogens (tertiary/aromatic N) is 1. The van der Waals surface area contributed by atoms with Gasteiger partial charge in [-0.25, -0.2) is 0 Å². The molecule has 10 atom stereocenters. The van der Waals surface area contributed by atoms with Gasteiger partial charge in [-0.05, 0) is 142 Å². The maximum Gasteiger partial charge on any atom is 0.132 e. The highest BCUT2D eigenvalue weighted by molar-refractivity contribution is 5.77. The molecule has 0 bridgehead atoms. The second-order valence-electron chi connectivity index (χ2n) is 15.1. The second kappa shape index (κ2) is 13.6. The molecule has 4 aliphatic rings. The fourth-order valence-electron chi connectivity index (χ4n) is 10.6. The number of pyridine rings is 1. The molecule has 0 spiro atoms.